The van der Waals surface area contributed by atoms with Crippen LogP contribution in [-0.2, 0) is 0 Å². The van der Waals surface area contributed by atoms with E-state index in [-0.39, 0.29) is 6.09 Å². The van der Waals surface area contributed by atoms with Gasteiger partial charge in [0.05, 0.1) is 0 Å². The van der Waals surface area contributed by atoms with Gasteiger partial charge in [0.15, 0.2) is 0 Å². The van der Waals surface area contributed by atoms with Crippen LogP contribution >= 0.6 is 0 Å². The van der Waals surface area contributed by atoms with Crippen molar-refractivity contribution in [2.45, 2.75) is 13.3 Å². The molecule has 3 nitrogen and oxygen atoms in total. The minimum absolute atomic E-state index is 0.348. The van der Waals surface area contributed by atoms with Crippen molar-refractivity contribution in [3.63, 3.8) is 0 Å². The van der Waals surface area contributed by atoms with Crippen LogP contribution in [0.5, 0.6) is 5.75 Å². The fourth-order valence-electron chi connectivity index (χ4n) is 1.80. The van der Waals surface area contributed by atoms with E-state index in [1.54, 1.807) is 17.0 Å². The lowest BCUT2D eigenvalue weighted by Crippen LogP contribution is -2.34. The van der Waals surface area contributed by atoms with Crippen LogP contribution in [0.2, 0.25) is 0 Å². The van der Waals surface area contributed by atoms with Crippen LogP contribution in [0.3, 0.4) is 0 Å². The molecule has 0 aliphatic heterocycles. The van der Waals surface area contributed by atoms with Crippen molar-refractivity contribution in [1.29, 1.82) is 0 Å². The number of anilines is 1. The van der Waals surface area contributed by atoms with Crippen molar-refractivity contribution >= 4 is 11.8 Å². The summed E-state index contributed by atoms with van der Waals surface area (Å²) in [6.45, 7) is 2.67. The third-order valence-corrected chi connectivity index (χ3v) is 2.68. The monoisotopic (exact) mass is 255 g/mol. The first kappa shape index (κ1) is 13.1. The molecule has 0 aromatic heterocycles. The Labute approximate surface area is 113 Å². The van der Waals surface area contributed by atoms with Crippen LogP contribution in [0, 0.1) is 0 Å². The standard InChI is InChI=1S/C16H17NO2/c1-2-13-17(14-9-5-3-6-10-14)16(18)19-15-11-7-4-8-12-15/h3-12H,2,13H2,1H3. The lowest BCUT2D eigenvalue weighted by Gasteiger charge is -2.21. The highest BCUT2D eigenvalue weighted by Crippen LogP contribution is 2.17. The van der Waals surface area contributed by atoms with Gasteiger partial charge in [0.2, 0.25) is 0 Å². The van der Waals surface area contributed by atoms with E-state index < -0.39 is 0 Å². The number of para-hydroxylation sites is 2. The van der Waals surface area contributed by atoms with Crippen LogP contribution in [0.25, 0.3) is 0 Å². The second kappa shape index (κ2) is 6.59. The van der Waals surface area contributed by atoms with Crippen molar-refractivity contribution in [1.82, 2.24) is 0 Å². The molecule has 2 rings (SSSR count). The maximum absolute atomic E-state index is 12.2. The third-order valence-electron chi connectivity index (χ3n) is 2.68. The summed E-state index contributed by atoms with van der Waals surface area (Å²) < 4.78 is 5.37. The first-order valence-electron chi connectivity index (χ1n) is 6.40. The molecule has 0 fully saturated rings. The van der Waals surface area contributed by atoms with Gasteiger partial charge in [-0.05, 0) is 30.7 Å². The maximum Gasteiger partial charge on any atom is 0.419 e. The van der Waals surface area contributed by atoms with Gasteiger partial charge in [-0.15, -0.1) is 0 Å². The van der Waals surface area contributed by atoms with Crippen molar-refractivity contribution in [2.75, 3.05) is 11.4 Å². The summed E-state index contributed by atoms with van der Waals surface area (Å²) in [5.41, 5.74) is 0.852. The predicted octanol–water partition coefficient (Wildman–Crippen LogP) is 4.10. The van der Waals surface area contributed by atoms with E-state index in [9.17, 15) is 4.79 Å². The first-order valence-corrected chi connectivity index (χ1v) is 6.40. The SMILES string of the molecule is CCCN(C(=O)Oc1ccccc1)c1ccccc1. The number of carbonyl (C=O) groups excluding carboxylic acids is 1. The summed E-state index contributed by atoms with van der Waals surface area (Å²) in [5.74, 6) is 0.560. The molecule has 0 saturated carbocycles. The summed E-state index contributed by atoms with van der Waals surface area (Å²) in [5, 5.41) is 0. The van der Waals surface area contributed by atoms with E-state index in [2.05, 4.69) is 0 Å². The van der Waals surface area contributed by atoms with Crippen molar-refractivity contribution in [3.05, 3.63) is 60.7 Å². The molecule has 98 valence electrons. The van der Waals surface area contributed by atoms with E-state index in [1.165, 1.54) is 0 Å². The van der Waals surface area contributed by atoms with Crippen molar-refractivity contribution in [3.8, 4) is 5.75 Å². The lowest BCUT2D eigenvalue weighted by atomic mass is 10.3. The van der Waals surface area contributed by atoms with Crippen LogP contribution < -0.4 is 9.64 Å². The second-order valence-corrected chi connectivity index (χ2v) is 4.17. The average molecular weight is 255 g/mol. The summed E-state index contributed by atoms with van der Waals surface area (Å²) in [6, 6.07) is 18.7. The fraction of sp³-hybridized carbons (Fsp3) is 0.188. The maximum atomic E-state index is 12.2. The smallest absolute Gasteiger partial charge is 0.410 e. The molecule has 2 aromatic carbocycles. The van der Waals surface area contributed by atoms with Gasteiger partial charge in [-0.2, -0.15) is 0 Å². The molecule has 2 aromatic rings. The Kier molecular flexibility index (Phi) is 4.56. The lowest BCUT2D eigenvalue weighted by molar-refractivity contribution is 0.207. The van der Waals surface area contributed by atoms with E-state index >= 15 is 0 Å². The summed E-state index contributed by atoms with van der Waals surface area (Å²) >= 11 is 0. The molecule has 0 bridgehead atoms. The van der Waals surface area contributed by atoms with E-state index in [0.29, 0.717) is 12.3 Å². The van der Waals surface area contributed by atoms with Gasteiger partial charge in [-0.3, -0.25) is 4.90 Å². The molecule has 0 radical (unpaired) electrons. The van der Waals surface area contributed by atoms with E-state index in [4.69, 9.17) is 4.74 Å². The van der Waals surface area contributed by atoms with Crippen LogP contribution in [-0.4, -0.2) is 12.6 Å². The van der Waals surface area contributed by atoms with Crippen molar-refractivity contribution < 1.29 is 9.53 Å². The average Bonchev–Trinajstić information content (AvgIpc) is 2.46. The van der Waals surface area contributed by atoms with Crippen LogP contribution in [0.15, 0.2) is 60.7 Å². The number of hydrogen-bond acceptors (Lipinski definition) is 2. The van der Waals surface area contributed by atoms with Gasteiger partial charge in [-0.25, -0.2) is 4.79 Å². The minimum Gasteiger partial charge on any atom is -0.410 e. The Morgan fingerprint density at radius 2 is 1.58 bits per heavy atom. The van der Waals surface area contributed by atoms with E-state index in [0.717, 1.165) is 12.1 Å². The molecule has 1 amide bonds. The predicted molar refractivity (Wildman–Crippen MR) is 76.5 cm³/mol. The summed E-state index contributed by atoms with van der Waals surface area (Å²) in [7, 11) is 0. The van der Waals surface area contributed by atoms with Gasteiger partial charge >= 0.3 is 6.09 Å². The first-order chi connectivity index (χ1) is 9.31. The number of nitrogens with zero attached hydrogens (tertiary/aromatic N) is 1. The topological polar surface area (TPSA) is 29.5 Å². The molecular formula is C16H17NO2. The Morgan fingerprint density at radius 3 is 2.16 bits per heavy atom. The van der Waals surface area contributed by atoms with Gasteiger partial charge < -0.3 is 4.74 Å². The normalized spacial score (nSPS) is 9.95. The van der Waals surface area contributed by atoms with Gasteiger partial charge in [0, 0.05) is 12.2 Å². The van der Waals surface area contributed by atoms with Gasteiger partial charge in [0.1, 0.15) is 5.75 Å². The molecule has 0 spiro atoms. The number of hydrogen-bond donors (Lipinski definition) is 0. The Bertz CT molecular complexity index is 511. The molecule has 0 heterocycles. The van der Waals surface area contributed by atoms with Crippen molar-refractivity contribution in [2.24, 2.45) is 0 Å². The molecular weight excluding hydrogens is 238 g/mol. The Hall–Kier alpha value is -2.29. The number of benzene rings is 2. The van der Waals surface area contributed by atoms with Gasteiger partial charge in [0.25, 0.3) is 0 Å². The molecule has 19 heavy (non-hydrogen) atoms. The number of carbonyl (C=O) groups is 1. The molecule has 0 N–H and O–H groups in total. The number of ether oxygens (including phenoxy) is 1. The Balaban J connectivity index is 2.13. The zero-order chi connectivity index (χ0) is 13.5. The summed E-state index contributed by atoms with van der Waals surface area (Å²) in [6.07, 6.45) is 0.526. The fourth-order valence-corrected chi connectivity index (χ4v) is 1.80. The van der Waals surface area contributed by atoms with Crippen LogP contribution in [0.1, 0.15) is 13.3 Å². The highest BCUT2D eigenvalue weighted by molar-refractivity contribution is 5.89. The quantitative estimate of drug-likeness (QED) is 0.823. The number of rotatable bonds is 4. The largest absolute Gasteiger partial charge is 0.419 e. The van der Waals surface area contributed by atoms with Gasteiger partial charge in [-0.1, -0.05) is 43.3 Å². The highest BCUT2D eigenvalue weighted by Gasteiger charge is 2.16. The highest BCUT2D eigenvalue weighted by atomic mass is 16.6. The van der Waals surface area contributed by atoms with E-state index in [1.807, 2.05) is 55.5 Å². The molecule has 0 aliphatic carbocycles. The number of amides is 1. The molecule has 0 unspecified atom stereocenters. The zero-order valence-corrected chi connectivity index (χ0v) is 11.0. The molecule has 3 heteroatoms. The Morgan fingerprint density at radius 1 is 1.00 bits per heavy atom. The summed E-state index contributed by atoms with van der Waals surface area (Å²) in [4.78, 5) is 13.9. The third kappa shape index (κ3) is 3.58. The minimum atomic E-state index is -0.348. The molecule has 0 atom stereocenters. The van der Waals surface area contributed by atoms with Crippen LogP contribution in [0.4, 0.5) is 10.5 Å². The molecule has 0 aliphatic rings. The second-order valence-electron chi connectivity index (χ2n) is 4.17. The zero-order valence-electron chi connectivity index (χ0n) is 11.0. The molecule has 0 saturated heterocycles.